The molecule has 1 amide bonds. The molecule has 1 saturated heterocycles. The van der Waals surface area contributed by atoms with Gasteiger partial charge in [-0.1, -0.05) is 0 Å². The lowest BCUT2D eigenvalue weighted by Crippen LogP contribution is -2.23. The van der Waals surface area contributed by atoms with E-state index in [-0.39, 0.29) is 22.1 Å². The van der Waals surface area contributed by atoms with Crippen LogP contribution < -0.4 is 9.08 Å². The summed E-state index contributed by atoms with van der Waals surface area (Å²) in [5, 5.41) is 0. The van der Waals surface area contributed by atoms with E-state index >= 15 is 0 Å². The zero-order valence-electron chi connectivity index (χ0n) is 13.0. The summed E-state index contributed by atoms with van der Waals surface area (Å²) in [6.45, 7) is 2.16. The van der Waals surface area contributed by atoms with Crippen molar-refractivity contribution < 1.29 is 21.8 Å². The first-order valence-electron chi connectivity index (χ1n) is 7.48. The normalized spacial score (nSPS) is 14.9. The van der Waals surface area contributed by atoms with E-state index in [2.05, 4.69) is 0 Å². The molecule has 3 rings (SSSR count). The van der Waals surface area contributed by atoms with Crippen molar-refractivity contribution >= 4 is 21.7 Å². The Morgan fingerprint density at radius 3 is 2.42 bits per heavy atom. The molecule has 2 aromatic rings. The Balaban J connectivity index is 1.81. The Hall–Kier alpha value is -2.41. The fourth-order valence-corrected chi connectivity index (χ4v) is 3.81. The van der Waals surface area contributed by atoms with Crippen LogP contribution in [0.2, 0.25) is 0 Å². The molecule has 126 valence electrons. The second-order valence-corrected chi connectivity index (χ2v) is 7.10. The maximum Gasteiger partial charge on any atom is 0.339 e. The van der Waals surface area contributed by atoms with Crippen LogP contribution >= 0.6 is 0 Å². The summed E-state index contributed by atoms with van der Waals surface area (Å²) in [7, 11) is -4.05. The molecule has 2 aromatic carbocycles. The molecule has 1 aliphatic heterocycles. The van der Waals surface area contributed by atoms with E-state index in [9.17, 15) is 17.6 Å². The lowest BCUT2D eigenvalue weighted by molar-refractivity contribution is -0.117. The first-order chi connectivity index (χ1) is 11.4. The highest BCUT2D eigenvalue weighted by Gasteiger charge is 2.23. The number of carbonyl (C=O) groups is 1. The van der Waals surface area contributed by atoms with Crippen LogP contribution in [0.3, 0.4) is 0 Å². The average Bonchev–Trinajstić information content (AvgIpc) is 2.93. The zero-order valence-corrected chi connectivity index (χ0v) is 13.8. The van der Waals surface area contributed by atoms with Gasteiger partial charge < -0.3 is 9.08 Å². The second-order valence-electron chi connectivity index (χ2n) is 5.59. The molecule has 0 N–H and O–H groups in total. The number of hydrogen-bond acceptors (Lipinski definition) is 4. The second kappa shape index (κ2) is 6.24. The lowest BCUT2D eigenvalue weighted by atomic mass is 10.2. The van der Waals surface area contributed by atoms with Gasteiger partial charge in [-0.3, -0.25) is 4.79 Å². The number of halogens is 1. The maximum absolute atomic E-state index is 13.1. The third-order valence-corrected chi connectivity index (χ3v) is 5.24. The Morgan fingerprint density at radius 2 is 1.83 bits per heavy atom. The van der Waals surface area contributed by atoms with Gasteiger partial charge in [-0.15, -0.1) is 0 Å². The van der Waals surface area contributed by atoms with Gasteiger partial charge in [0.25, 0.3) is 0 Å². The third-order valence-electron chi connectivity index (χ3n) is 3.83. The van der Waals surface area contributed by atoms with Crippen molar-refractivity contribution in [2.75, 3.05) is 11.4 Å². The van der Waals surface area contributed by atoms with Gasteiger partial charge in [-0.25, -0.2) is 4.39 Å². The number of benzene rings is 2. The molecule has 0 aliphatic carbocycles. The van der Waals surface area contributed by atoms with Crippen LogP contribution in [0.4, 0.5) is 10.1 Å². The van der Waals surface area contributed by atoms with Gasteiger partial charge in [0.15, 0.2) is 0 Å². The monoisotopic (exact) mass is 349 g/mol. The van der Waals surface area contributed by atoms with Crippen molar-refractivity contribution in [2.45, 2.75) is 24.7 Å². The van der Waals surface area contributed by atoms with Gasteiger partial charge in [0, 0.05) is 18.7 Å². The zero-order chi connectivity index (χ0) is 17.3. The molecule has 5 nitrogen and oxygen atoms in total. The van der Waals surface area contributed by atoms with E-state index in [4.69, 9.17) is 4.18 Å². The molecule has 24 heavy (non-hydrogen) atoms. The van der Waals surface area contributed by atoms with Crippen LogP contribution in [-0.2, 0) is 14.9 Å². The van der Waals surface area contributed by atoms with Gasteiger partial charge in [0.2, 0.25) is 5.91 Å². The van der Waals surface area contributed by atoms with Crippen molar-refractivity contribution in [1.29, 1.82) is 0 Å². The van der Waals surface area contributed by atoms with Gasteiger partial charge in [-0.2, -0.15) is 8.42 Å². The van der Waals surface area contributed by atoms with E-state index in [0.717, 1.165) is 18.6 Å². The van der Waals surface area contributed by atoms with Crippen LogP contribution in [0, 0.1) is 12.7 Å². The summed E-state index contributed by atoms with van der Waals surface area (Å²) < 4.78 is 42.9. The van der Waals surface area contributed by atoms with E-state index < -0.39 is 15.9 Å². The van der Waals surface area contributed by atoms with Gasteiger partial charge in [0.1, 0.15) is 16.5 Å². The lowest BCUT2D eigenvalue weighted by Gasteiger charge is -2.16. The molecule has 7 heteroatoms. The van der Waals surface area contributed by atoms with E-state index in [1.807, 2.05) is 0 Å². The predicted octanol–water partition coefficient (Wildman–Crippen LogP) is 3.03. The van der Waals surface area contributed by atoms with Gasteiger partial charge in [0.05, 0.1) is 0 Å². The predicted molar refractivity (Wildman–Crippen MR) is 87.0 cm³/mol. The number of nitrogens with zero attached hydrogens (tertiary/aromatic N) is 1. The molecule has 0 radical (unpaired) electrons. The number of carbonyl (C=O) groups excluding carboxylic acids is 1. The van der Waals surface area contributed by atoms with Crippen molar-refractivity contribution in [3.8, 4) is 5.75 Å². The number of rotatable bonds is 4. The summed E-state index contributed by atoms with van der Waals surface area (Å²) in [6.07, 6.45) is 1.34. The van der Waals surface area contributed by atoms with Crippen molar-refractivity contribution in [3.63, 3.8) is 0 Å². The van der Waals surface area contributed by atoms with Crippen LogP contribution in [0.25, 0.3) is 0 Å². The molecule has 1 heterocycles. The molecule has 1 aliphatic rings. The minimum absolute atomic E-state index is 0.0539. The standard InChI is InChI=1S/C17H16FNO4S/c1-12-11-13(18)4-9-16(12)24(21,22)23-15-7-5-14(6-8-15)19-10-2-3-17(19)20/h4-9,11H,2-3,10H2,1H3. The summed E-state index contributed by atoms with van der Waals surface area (Å²) in [5.41, 5.74) is 0.981. The third kappa shape index (κ3) is 3.26. The Labute approximate surface area is 139 Å². The highest BCUT2D eigenvalue weighted by atomic mass is 32.2. The molecular weight excluding hydrogens is 333 g/mol. The minimum atomic E-state index is -4.05. The maximum atomic E-state index is 13.1. The quantitative estimate of drug-likeness (QED) is 0.796. The average molecular weight is 349 g/mol. The Bertz CT molecular complexity index is 878. The molecule has 1 fully saturated rings. The fraction of sp³-hybridized carbons (Fsp3) is 0.235. The van der Waals surface area contributed by atoms with Crippen molar-refractivity contribution in [3.05, 3.63) is 53.8 Å². The summed E-state index contributed by atoms with van der Waals surface area (Å²) in [6, 6.07) is 9.67. The molecular formula is C17H16FNO4S. The Kier molecular flexibility index (Phi) is 4.28. The van der Waals surface area contributed by atoms with Crippen molar-refractivity contribution in [2.24, 2.45) is 0 Å². The van der Waals surface area contributed by atoms with E-state index in [0.29, 0.717) is 18.7 Å². The molecule has 0 atom stereocenters. The first-order valence-corrected chi connectivity index (χ1v) is 8.89. The largest absolute Gasteiger partial charge is 0.379 e. The smallest absolute Gasteiger partial charge is 0.339 e. The number of hydrogen-bond donors (Lipinski definition) is 0. The molecule has 0 aromatic heterocycles. The number of amides is 1. The summed E-state index contributed by atoms with van der Waals surface area (Å²) in [5.74, 6) is -0.321. The number of aryl methyl sites for hydroxylation is 1. The molecule has 0 saturated carbocycles. The fourth-order valence-electron chi connectivity index (χ4n) is 2.67. The van der Waals surface area contributed by atoms with E-state index in [1.54, 1.807) is 17.0 Å². The minimum Gasteiger partial charge on any atom is -0.379 e. The van der Waals surface area contributed by atoms with Crippen molar-refractivity contribution in [1.82, 2.24) is 0 Å². The molecule has 0 spiro atoms. The number of anilines is 1. The Morgan fingerprint density at radius 1 is 1.12 bits per heavy atom. The first kappa shape index (κ1) is 16.4. The molecule has 0 unspecified atom stereocenters. The molecule has 0 bridgehead atoms. The van der Waals surface area contributed by atoms with Crippen LogP contribution in [-0.4, -0.2) is 20.9 Å². The highest BCUT2D eigenvalue weighted by Crippen LogP contribution is 2.26. The topological polar surface area (TPSA) is 63.7 Å². The van der Waals surface area contributed by atoms with Gasteiger partial charge >= 0.3 is 10.1 Å². The highest BCUT2D eigenvalue weighted by molar-refractivity contribution is 7.87. The van der Waals surface area contributed by atoms with Gasteiger partial charge in [-0.05, 0) is 61.4 Å². The van der Waals surface area contributed by atoms with Crippen LogP contribution in [0.15, 0.2) is 47.4 Å². The summed E-state index contributed by atoms with van der Waals surface area (Å²) in [4.78, 5) is 13.3. The summed E-state index contributed by atoms with van der Waals surface area (Å²) >= 11 is 0. The van der Waals surface area contributed by atoms with Crippen LogP contribution in [0.1, 0.15) is 18.4 Å². The SMILES string of the molecule is Cc1cc(F)ccc1S(=O)(=O)Oc1ccc(N2CCCC2=O)cc1. The van der Waals surface area contributed by atoms with E-state index in [1.165, 1.54) is 25.1 Å². The van der Waals surface area contributed by atoms with Crippen LogP contribution in [0.5, 0.6) is 5.75 Å².